The minimum atomic E-state index is 0.0146. The highest BCUT2D eigenvalue weighted by Crippen LogP contribution is 2.23. The maximum atomic E-state index is 6.02. The molecule has 2 N–H and O–H groups in total. The lowest BCUT2D eigenvalue weighted by Crippen LogP contribution is -2.05. The van der Waals surface area contributed by atoms with Crippen LogP contribution in [0.15, 0.2) is 18.2 Å². The first-order valence-corrected chi connectivity index (χ1v) is 5.65. The predicted octanol–water partition coefficient (Wildman–Crippen LogP) is 3.29. The third kappa shape index (κ3) is 2.34. The zero-order valence-electron chi connectivity index (χ0n) is 6.85. The van der Waals surface area contributed by atoms with E-state index in [2.05, 4.69) is 28.7 Å². The van der Waals surface area contributed by atoms with Crippen molar-refractivity contribution in [3.05, 3.63) is 34.3 Å². The Labute approximate surface area is 91.4 Å². The van der Waals surface area contributed by atoms with E-state index in [9.17, 15) is 0 Å². The van der Waals surface area contributed by atoms with Crippen molar-refractivity contribution in [3.8, 4) is 0 Å². The molecule has 1 atom stereocenters. The Balaban J connectivity index is 3.03. The van der Waals surface area contributed by atoms with Crippen LogP contribution in [0, 0.1) is 0 Å². The van der Waals surface area contributed by atoms with E-state index in [1.807, 2.05) is 19.1 Å². The largest absolute Gasteiger partial charge is 0.324 e. The molecular weight excluding hydrogens is 284 g/mol. The van der Waals surface area contributed by atoms with Gasteiger partial charge in [-0.25, -0.2) is 0 Å². The maximum absolute atomic E-state index is 6.02. The lowest BCUT2D eigenvalue weighted by atomic mass is 10.1. The Bertz CT molecular complexity index is 273. The van der Waals surface area contributed by atoms with E-state index in [4.69, 9.17) is 17.3 Å². The zero-order chi connectivity index (χ0) is 9.14. The van der Waals surface area contributed by atoms with E-state index in [0.29, 0.717) is 0 Å². The molecule has 0 spiro atoms. The average molecular weight is 296 g/mol. The van der Waals surface area contributed by atoms with Crippen molar-refractivity contribution in [3.63, 3.8) is 0 Å². The van der Waals surface area contributed by atoms with Gasteiger partial charge in [-0.3, -0.25) is 0 Å². The fraction of sp³-hybridized carbons (Fsp3) is 0.333. The third-order valence-corrected chi connectivity index (χ3v) is 2.92. The lowest BCUT2D eigenvalue weighted by molar-refractivity contribution is 0.818. The number of nitrogens with two attached hydrogens (primary N) is 1. The second-order valence-corrected chi connectivity index (χ2v) is 3.95. The highest BCUT2D eigenvalue weighted by Gasteiger charge is 2.04. The van der Waals surface area contributed by atoms with Crippen molar-refractivity contribution < 1.29 is 0 Å². The lowest BCUT2D eigenvalue weighted by Gasteiger charge is -2.08. The van der Waals surface area contributed by atoms with Gasteiger partial charge < -0.3 is 5.73 Å². The van der Waals surface area contributed by atoms with Crippen LogP contribution >= 0.6 is 34.2 Å². The summed E-state index contributed by atoms with van der Waals surface area (Å²) in [6.07, 6.45) is 0. The fourth-order valence-corrected chi connectivity index (χ4v) is 1.87. The topological polar surface area (TPSA) is 26.0 Å². The number of rotatable bonds is 2. The highest BCUT2D eigenvalue weighted by atomic mass is 127. The summed E-state index contributed by atoms with van der Waals surface area (Å²) in [5.74, 6) is 0. The van der Waals surface area contributed by atoms with Crippen molar-refractivity contribution >= 4 is 34.2 Å². The standard InChI is InChI=1S/C9H11ClIN/c1-6(12)8-3-2-7(5-11)4-9(8)10/h2-4,6H,5,12H2,1H3/t6-/m0/s1. The van der Waals surface area contributed by atoms with Crippen LogP contribution in [-0.2, 0) is 4.43 Å². The van der Waals surface area contributed by atoms with Crippen LogP contribution in [0.3, 0.4) is 0 Å². The molecule has 0 radical (unpaired) electrons. The Morgan fingerprint density at radius 2 is 2.25 bits per heavy atom. The number of halogens is 2. The van der Waals surface area contributed by atoms with Gasteiger partial charge in [0.05, 0.1) is 0 Å². The predicted molar refractivity (Wildman–Crippen MR) is 61.8 cm³/mol. The molecule has 1 nitrogen and oxygen atoms in total. The minimum Gasteiger partial charge on any atom is -0.324 e. The Kier molecular flexibility index (Phi) is 3.80. The minimum absolute atomic E-state index is 0.0146. The molecule has 1 rings (SSSR count). The summed E-state index contributed by atoms with van der Waals surface area (Å²) in [5, 5.41) is 0.777. The van der Waals surface area contributed by atoms with E-state index >= 15 is 0 Å². The van der Waals surface area contributed by atoms with Crippen LogP contribution in [0.5, 0.6) is 0 Å². The van der Waals surface area contributed by atoms with Crippen LogP contribution in [0.2, 0.25) is 5.02 Å². The summed E-state index contributed by atoms with van der Waals surface area (Å²) in [7, 11) is 0. The van der Waals surface area contributed by atoms with Crippen molar-refractivity contribution in [1.82, 2.24) is 0 Å². The van der Waals surface area contributed by atoms with E-state index in [1.165, 1.54) is 5.56 Å². The van der Waals surface area contributed by atoms with Gasteiger partial charge >= 0.3 is 0 Å². The molecule has 0 unspecified atom stereocenters. The second-order valence-electron chi connectivity index (χ2n) is 2.78. The third-order valence-electron chi connectivity index (χ3n) is 1.71. The molecule has 3 heteroatoms. The van der Waals surface area contributed by atoms with Gasteiger partial charge in [-0.1, -0.05) is 46.3 Å². The van der Waals surface area contributed by atoms with Gasteiger partial charge in [-0.15, -0.1) is 0 Å². The van der Waals surface area contributed by atoms with Crippen molar-refractivity contribution in [2.24, 2.45) is 5.73 Å². The first-order valence-electron chi connectivity index (χ1n) is 3.75. The molecule has 0 aromatic heterocycles. The monoisotopic (exact) mass is 295 g/mol. The maximum Gasteiger partial charge on any atom is 0.0456 e. The summed E-state index contributed by atoms with van der Waals surface area (Å²) in [4.78, 5) is 0. The molecule has 0 aliphatic rings. The highest BCUT2D eigenvalue weighted by molar-refractivity contribution is 14.1. The van der Waals surface area contributed by atoms with Crippen molar-refractivity contribution in [2.75, 3.05) is 0 Å². The molecule has 0 heterocycles. The van der Waals surface area contributed by atoms with Gasteiger partial charge in [0, 0.05) is 15.5 Å². The molecule has 66 valence electrons. The van der Waals surface area contributed by atoms with Crippen LogP contribution < -0.4 is 5.73 Å². The molecule has 0 bridgehead atoms. The SMILES string of the molecule is C[C@H](N)c1ccc(CI)cc1Cl. The molecule has 0 amide bonds. The summed E-state index contributed by atoms with van der Waals surface area (Å²) < 4.78 is 0.983. The van der Waals surface area contributed by atoms with Gasteiger partial charge in [0.1, 0.15) is 0 Å². The summed E-state index contributed by atoms with van der Waals surface area (Å²) in [6, 6.07) is 6.06. The summed E-state index contributed by atoms with van der Waals surface area (Å²) in [5.41, 5.74) is 7.98. The molecule has 0 fully saturated rings. The van der Waals surface area contributed by atoms with Crippen LogP contribution in [0.25, 0.3) is 0 Å². The number of benzene rings is 1. The molecule has 0 saturated carbocycles. The molecule has 1 aromatic carbocycles. The van der Waals surface area contributed by atoms with E-state index in [1.54, 1.807) is 0 Å². The first-order chi connectivity index (χ1) is 5.65. The molecule has 0 saturated heterocycles. The molecule has 0 aliphatic carbocycles. The first kappa shape index (κ1) is 10.3. The van der Waals surface area contributed by atoms with Gasteiger partial charge in [0.15, 0.2) is 0 Å². The average Bonchev–Trinajstić information content (AvgIpc) is 2.03. The van der Waals surface area contributed by atoms with Crippen LogP contribution in [0.1, 0.15) is 24.1 Å². The molecular formula is C9H11ClIN. The van der Waals surface area contributed by atoms with Gasteiger partial charge in [-0.2, -0.15) is 0 Å². The Hall–Kier alpha value is 0.200. The van der Waals surface area contributed by atoms with Crippen molar-refractivity contribution in [1.29, 1.82) is 0 Å². The Morgan fingerprint density at radius 1 is 1.58 bits per heavy atom. The number of hydrogen-bond donors (Lipinski definition) is 1. The summed E-state index contributed by atoms with van der Waals surface area (Å²) >= 11 is 8.33. The second kappa shape index (κ2) is 4.44. The van der Waals surface area contributed by atoms with E-state index < -0.39 is 0 Å². The van der Waals surface area contributed by atoms with E-state index in [-0.39, 0.29) is 6.04 Å². The van der Waals surface area contributed by atoms with E-state index in [0.717, 1.165) is 15.0 Å². The zero-order valence-corrected chi connectivity index (χ0v) is 9.76. The number of alkyl halides is 1. The number of hydrogen-bond acceptors (Lipinski definition) is 1. The summed E-state index contributed by atoms with van der Waals surface area (Å²) in [6.45, 7) is 1.94. The Morgan fingerprint density at radius 3 is 2.67 bits per heavy atom. The fourth-order valence-electron chi connectivity index (χ4n) is 1.02. The van der Waals surface area contributed by atoms with Gasteiger partial charge in [0.25, 0.3) is 0 Å². The van der Waals surface area contributed by atoms with Crippen LogP contribution in [0.4, 0.5) is 0 Å². The normalized spacial score (nSPS) is 13.0. The van der Waals surface area contributed by atoms with Gasteiger partial charge in [-0.05, 0) is 24.1 Å². The van der Waals surface area contributed by atoms with Crippen LogP contribution in [-0.4, -0.2) is 0 Å². The molecule has 12 heavy (non-hydrogen) atoms. The smallest absolute Gasteiger partial charge is 0.0456 e. The quantitative estimate of drug-likeness (QED) is 0.657. The molecule has 0 aliphatic heterocycles. The molecule has 1 aromatic rings. The van der Waals surface area contributed by atoms with Gasteiger partial charge in [0.2, 0.25) is 0 Å². The van der Waals surface area contributed by atoms with Crippen molar-refractivity contribution in [2.45, 2.75) is 17.4 Å².